The smallest absolute Gasteiger partial charge is 0.215 e. The number of aromatic hydroxyl groups is 2. The predicted molar refractivity (Wildman–Crippen MR) is 46.6 cm³/mol. The molecule has 0 bridgehead atoms. The fourth-order valence-corrected chi connectivity index (χ4v) is 1.50. The van der Waals surface area contributed by atoms with Crippen molar-refractivity contribution in [2.75, 3.05) is 7.05 Å². The molecule has 13 heavy (non-hydrogen) atoms. The predicted octanol–water partition coefficient (Wildman–Crippen LogP) is 0.489. The first-order valence-electron chi connectivity index (χ1n) is 3.91. The van der Waals surface area contributed by atoms with Crippen molar-refractivity contribution < 1.29 is 19.9 Å². The lowest BCUT2D eigenvalue weighted by Crippen LogP contribution is -1.95. The summed E-state index contributed by atoms with van der Waals surface area (Å²) in [7, 11) is 1.77. The van der Waals surface area contributed by atoms with E-state index >= 15 is 0 Å². The summed E-state index contributed by atoms with van der Waals surface area (Å²) >= 11 is 0. The number of benzene rings is 1. The SMILES string of the molecule is C[N+]1=CC(O)c2cc(O)c(O)cc21. The van der Waals surface area contributed by atoms with Crippen LogP contribution in [0.3, 0.4) is 0 Å². The molecule has 4 heteroatoms. The fourth-order valence-electron chi connectivity index (χ4n) is 1.50. The van der Waals surface area contributed by atoms with E-state index in [4.69, 9.17) is 0 Å². The van der Waals surface area contributed by atoms with Crippen LogP contribution >= 0.6 is 0 Å². The monoisotopic (exact) mass is 180 g/mol. The summed E-state index contributed by atoms with van der Waals surface area (Å²) in [5.41, 5.74) is 1.32. The van der Waals surface area contributed by atoms with Gasteiger partial charge >= 0.3 is 0 Å². The van der Waals surface area contributed by atoms with Crippen molar-refractivity contribution in [1.29, 1.82) is 0 Å². The molecule has 1 aliphatic rings. The third kappa shape index (κ3) is 1.07. The molecule has 0 fully saturated rings. The minimum absolute atomic E-state index is 0.173. The van der Waals surface area contributed by atoms with E-state index in [2.05, 4.69) is 0 Å². The largest absolute Gasteiger partial charge is 0.504 e. The zero-order chi connectivity index (χ0) is 9.59. The van der Waals surface area contributed by atoms with Crippen LogP contribution in [-0.4, -0.2) is 33.2 Å². The number of aliphatic hydroxyl groups excluding tert-OH is 1. The van der Waals surface area contributed by atoms with Gasteiger partial charge < -0.3 is 15.3 Å². The van der Waals surface area contributed by atoms with Gasteiger partial charge in [0.2, 0.25) is 5.69 Å². The van der Waals surface area contributed by atoms with Gasteiger partial charge in [-0.15, -0.1) is 0 Å². The lowest BCUT2D eigenvalue weighted by atomic mass is 10.1. The van der Waals surface area contributed by atoms with E-state index in [0.29, 0.717) is 11.3 Å². The summed E-state index contributed by atoms with van der Waals surface area (Å²) in [6.07, 6.45) is 0.898. The number of nitrogens with zero attached hydrogens (tertiary/aromatic N) is 1. The number of hydrogen-bond donors (Lipinski definition) is 3. The van der Waals surface area contributed by atoms with Crippen LogP contribution in [0.15, 0.2) is 12.1 Å². The minimum Gasteiger partial charge on any atom is -0.504 e. The normalized spacial score (nSPS) is 19.8. The lowest BCUT2D eigenvalue weighted by Gasteiger charge is -2.01. The van der Waals surface area contributed by atoms with E-state index in [9.17, 15) is 15.3 Å². The molecule has 1 aromatic carbocycles. The number of hydrogen-bond acceptors (Lipinski definition) is 3. The molecule has 0 amide bonds. The van der Waals surface area contributed by atoms with Gasteiger partial charge in [0, 0.05) is 0 Å². The topological polar surface area (TPSA) is 63.7 Å². The number of rotatable bonds is 0. The third-order valence-corrected chi connectivity index (χ3v) is 2.19. The zero-order valence-corrected chi connectivity index (χ0v) is 7.10. The van der Waals surface area contributed by atoms with Crippen LogP contribution in [0.4, 0.5) is 5.69 Å². The van der Waals surface area contributed by atoms with Crippen LogP contribution in [0.25, 0.3) is 0 Å². The van der Waals surface area contributed by atoms with E-state index < -0.39 is 6.10 Å². The molecule has 0 saturated heterocycles. The Bertz CT molecular complexity index is 398. The average molecular weight is 180 g/mol. The fraction of sp³-hybridized carbons (Fsp3) is 0.222. The Labute approximate surface area is 75.0 Å². The van der Waals surface area contributed by atoms with Gasteiger partial charge in [-0.3, -0.25) is 0 Å². The molecular formula is C9H10NO3+. The highest BCUT2D eigenvalue weighted by atomic mass is 16.3. The maximum Gasteiger partial charge on any atom is 0.215 e. The molecule has 1 heterocycles. The second-order valence-electron chi connectivity index (χ2n) is 3.10. The summed E-state index contributed by atoms with van der Waals surface area (Å²) in [4.78, 5) is 0. The average Bonchev–Trinajstić information content (AvgIpc) is 2.31. The van der Waals surface area contributed by atoms with E-state index in [0.717, 1.165) is 0 Å². The van der Waals surface area contributed by atoms with Crippen molar-refractivity contribution in [3.63, 3.8) is 0 Å². The Morgan fingerprint density at radius 3 is 2.54 bits per heavy atom. The van der Waals surface area contributed by atoms with Gasteiger partial charge in [-0.2, -0.15) is 0 Å². The molecule has 68 valence electrons. The van der Waals surface area contributed by atoms with E-state index in [1.807, 2.05) is 0 Å². The molecule has 3 N–H and O–H groups in total. The maximum atomic E-state index is 9.48. The summed E-state index contributed by atoms with van der Waals surface area (Å²) < 4.78 is 1.71. The molecule has 1 aromatic rings. The number of phenols is 2. The van der Waals surface area contributed by atoms with Gasteiger partial charge in [-0.05, 0) is 6.07 Å². The van der Waals surface area contributed by atoms with Crippen molar-refractivity contribution in [2.24, 2.45) is 0 Å². The quantitative estimate of drug-likeness (QED) is 0.402. The van der Waals surface area contributed by atoms with Crippen LogP contribution in [0.5, 0.6) is 11.5 Å². The summed E-state index contributed by atoms with van der Waals surface area (Å²) in [6.45, 7) is 0. The molecule has 0 saturated carbocycles. The first-order valence-corrected chi connectivity index (χ1v) is 3.91. The van der Waals surface area contributed by atoms with Gasteiger partial charge in [0.15, 0.2) is 23.8 Å². The molecule has 1 atom stereocenters. The minimum atomic E-state index is -0.702. The van der Waals surface area contributed by atoms with Crippen molar-refractivity contribution in [3.8, 4) is 11.5 Å². The Morgan fingerprint density at radius 2 is 1.85 bits per heavy atom. The van der Waals surface area contributed by atoms with Crippen molar-refractivity contribution in [2.45, 2.75) is 6.10 Å². The molecule has 2 rings (SSSR count). The second-order valence-corrected chi connectivity index (χ2v) is 3.10. The van der Waals surface area contributed by atoms with Gasteiger partial charge in [-0.1, -0.05) is 0 Å². The molecule has 0 radical (unpaired) electrons. The van der Waals surface area contributed by atoms with Crippen LogP contribution in [0, 0.1) is 0 Å². The van der Waals surface area contributed by atoms with E-state index in [1.54, 1.807) is 17.8 Å². The van der Waals surface area contributed by atoms with E-state index in [1.165, 1.54) is 12.1 Å². The number of phenolic OH excluding ortho intramolecular Hbond substituents is 2. The molecule has 0 aromatic heterocycles. The zero-order valence-electron chi connectivity index (χ0n) is 7.10. The van der Waals surface area contributed by atoms with Crippen LogP contribution < -0.4 is 0 Å². The molecule has 4 nitrogen and oxygen atoms in total. The maximum absolute atomic E-state index is 9.48. The first kappa shape index (κ1) is 8.07. The Kier molecular flexibility index (Phi) is 1.53. The van der Waals surface area contributed by atoms with Crippen LogP contribution in [-0.2, 0) is 0 Å². The third-order valence-electron chi connectivity index (χ3n) is 2.19. The van der Waals surface area contributed by atoms with Gasteiger partial charge in [0.05, 0.1) is 11.6 Å². The summed E-state index contributed by atoms with van der Waals surface area (Å²) in [5.74, 6) is -0.380. The molecular weight excluding hydrogens is 170 g/mol. The Morgan fingerprint density at radius 1 is 1.23 bits per heavy atom. The van der Waals surface area contributed by atoms with Crippen LogP contribution in [0.1, 0.15) is 11.7 Å². The van der Waals surface area contributed by atoms with Gasteiger partial charge in [0.25, 0.3) is 0 Å². The number of aliphatic hydroxyl groups is 1. The second kappa shape index (κ2) is 2.47. The van der Waals surface area contributed by atoms with Gasteiger partial charge in [-0.25, -0.2) is 4.58 Å². The van der Waals surface area contributed by atoms with Crippen molar-refractivity contribution in [3.05, 3.63) is 17.7 Å². The van der Waals surface area contributed by atoms with Crippen LogP contribution in [0.2, 0.25) is 0 Å². The first-order chi connectivity index (χ1) is 6.09. The Hall–Kier alpha value is -1.55. The summed E-state index contributed by atoms with van der Waals surface area (Å²) in [6, 6.07) is 2.80. The summed E-state index contributed by atoms with van der Waals surface area (Å²) in [5, 5.41) is 27.9. The standard InChI is InChI=1S/C9H9NO3/c1-10-4-9(13)5-2-7(11)8(12)3-6(5)10/h2-4,9,13H,1H3,(H-,11,12)/p+1. The lowest BCUT2D eigenvalue weighted by molar-refractivity contribution is -0.397. The molecule has 0 spiro atoms. The molecule has 1 aliphatic heterocycles. The highest BCUT2D eigenvalue weighted by Gasteiger charge is 2.28. The molecule has 1 unspecified atom stereocenters. The van der Waals surface area contributed by atoms with Gasteiger partial charge in [0.1, 0.15) is 7.05 Å². The highest BCUT2D eigenvalue weighted by molar-refractivity contribution is 5.72. The highest BCUT2D eigenvalue weighted by Crippen LogP contribution is 2.37. The van der Waals surface area contributed by atoms with Crippen molar-refractivity contribution in [1.82, 2.24) is 0 Å². The van der Waals surface area contributed by atoms with Crippen molar-refractivity contribution >= 4 is 11.9 Å². The molecule has 0 aliphatic carbocycles. The van der Waals surface area contributed by atoms with E-state index in [-0.39, 0.29) is 11.5 Å². The number of fused-ring (bicyclic) bond motifs is 1. The Balaban J connectivity index is 2.65.